The van der Waals surface area contributed by atoms with Gasteiger partial charge in [0.25, 0.3) is 0 Å². The maximum Gasteiger partial charge on any atom is 0.0602 e. The number of aliphatic carboxylic acids is 1. The van der Waals surface area contributed by atoms with Crippen molar-refractivity contribution in [2.75, 3.05) is 0 Å². The SMILES string of the molecule is C[C@H](CCC(=O)[O-])[C@H]1CC[C@H]2[C@@H]3[C@@H](O)C[C@@H]4CCCC[C@]4(C)[C@H]3C[C@H](O)[C@]12C. The third-order valence-electron chi connectivity index (χ3n) is 10.3. The Morgan fingerprint density at radius 2 is 1.86 bits per heavy atom. The first-order valence-corrected chi connectivity index (χ1v) is 11.8. The zero-order valence-electron chi connectivity index (χ0n) is 17.9. The van der Waals surface area contributed by atoms with Crippen LogP contribution in [-0.4, -0.2) is 28.4 Å². The fraction of sp³-hybridized carbons (Fsp3) is 0.958. The molecule has 0 bridgehead atoms. The van der Waals surface area contributed by atoms with Crippen LogP contribution in [0.1, 0.15) is 85.0 Å². The summed E-state index contributed by atoms with van der Waals surface area (Å²) in [7, 11) is 0. The van der Waals surface area contributed by atoms with Gasteiger partial charge >= 0.3 is 0 Å². The zero-order valence-corrected chi connectivity index (χ0v) is 17.9. The van der Waals surface area contributed by atoms with E-state index >= 15 is 0 Å². The van der Waals surface area contributed by atoms with Gasteiger partial charge in [0.2, 0.25) is 0 Å². The predicted octanol–water partition coefficient (Wildman–Crippen LogP) is 3.14. The summed E-state index contributed by atoms with van der Waals surface area (Å²) in [6.45, 7) is 6.84. The van der Waals surface area contributed by atoms with Crippen LogP contribution in [0.25, 0.3) is 0 Å². The number of aliphatic hydroxyl groups excluding tert-OH is 2. The van der Waals surface area contributed by atoms with Crippen molar-refractivity contribution < 1.29 is 20.1 Å². The number of aliphatic hydroxyl groups is 2. The first kappa shape index (κ1) is 20.7. The molecule has 0 aliphatic heterocycles. The van der Waals surface area contributed by atoms with E-state index in [2.05, 4.69) is 20.8 Å². The van der Waals surface area contributed by atoms with E-state index < -0.39 is 5.97 Å². The van der Waals surface area contributed by atoms with Crippen LogP contribution < -0.4 is 5.11 Å². The van der Waals surface area contributed by atoms with Gasteiger partial charge in [0.1, 0.15) is 0 Å². The number of fused-ring (bicyclic) bond motifs is 5. The summed E-state index contributed by atoms with van der Waals surface area (Å²) in [5, 5.41) is 33.6. The fourth-order valence-corrected chi connectivity index (χ4v) is 8.73. The van der Waals surface area contributed by atoms with Crippen molar-refractivity contribution in [2.45, 2.75) is 97.2 Å². The van der Waals surface area contributed by atoms with Crippen molar-refractivity contribution in [3.8, 4) is 0 Å². The minimum Gasteiger partial charge on any atom is -0.550 e. The summed E-state index contributed by atoms with van der Waals surface area (Å²) >= 11 is 0. The standard InChI is InChI=1S/C24H40O4/c1-14(7-10-21(27)28)16-8-9-17-22-18(13-20(26)24(16,17)3)23(2)11-5-4-6-15(23)12-19(22)25/h14-20,22,25-26H,4-13H2,1-3H3,(H,27,28)/p-1/t14-,15+,16-,17+,18+,19+,20+,22+,23+,24-/m1/s1. The Bertz CT molecular complexity index is 605. The molecule has 4 saturated carbocycles. The van der Waals surface area contributed by atoms with E-state index in [1.165, 1.54) is 25.7 Å². The second-order valence-corrected chi connectivity index (χ2v) is 11.2. The van der Waals surface area contributed by atoms with Gasteiger partial charge in [-0.15, -0.1) is 0 Å². The molecule has 4 rings (SSSR count). The molecule has 4 fully saturated rings. The molecule has 0 spiro atoms. The molecular weight excluding hydrogens is 352 g/mol. The van der Waals surface area contributed by atoms with Gasteiger partial charge in [-0.25, -0.2) is 0 Å². The molecule has 0 heterocycles. The van der Waals surface area contributed by atoms with Crippen molar-refractivity contribution in [3.63, 3.8) is 0 Å². The molecule has 0 unspecified atom stereocenters. The molecule has 0 aromatic rings. The summed E-state index contributed by atoms with van der Waals surface area (Å²) in [5.41, 5.74) is 0.0640. The zero-order chi connectivity index (χ0) is 20.3. The lowest BCUT2D eigenvalue weighted by Crippen LogP contribution is -2.61. The maximum absolute atomic E-state index is 11.5. The lowest BCUT2D eigenvalue weighted by molar-refractivity contribution is -0.306. The Hall–Kier alpha value is -0.610. The number of hydrogen-bond acceptors (Lipinski definition) is 4. The minimum absolute atomic E-state index is 0.100. The molecule has 0 saturated heterocycles. The highest BCUT2D eigenvalue weighted by molar-refractivity contribution is 5.64. The normalized spacial score (nSPS) is 51.7. The Kier molecular flexibility index (Phi) is 5.36. The molecule has 0 aromatic heterocycles. The van der Waals surface area contributed by atoms with E-state index in [0.717, 1.165) is 25.7 Å². The van der Waals surface area contributed by atoms with Gasteiger partial charge in [0.15, 0.2) is 0 Å². The molecule has 0 radical (unpaired) electrons. The topological polar surface area (TPSA) is 80.6 Å². The van der Waals surface area contributed by atoms with E-state index in [4.69, 9.17) is 0 Å². The summed E-state index contributed by atoms with van der Waals surface area (Å²) < 4.78 is 0. The quantitative estimate of drug-likeness (QED) is 0.771. The van der Waals surface area contributed by atoms with E-state index in [-0.39, 0.29) is 35.4 Å². The number of hydrogen-bond donors (Lipinski definition) is 2. The van der Waals surface area contributed by atoms with Crippen LogP contribution in [0.5, 0.6) is 0 Å². The van der Waals surface area contributed by atoms with Crippen LogP contribution >= 0.6 is 0 Å². The maximum atomic E-state index is 11.5. The first-order chi connectivity index (χ1) is 13.2. The van der Waals surface area contributed by atoms with Crippen molar-refractivity contribution in [1.29, 1.82) is 0 Å². The van der Waals surface area contributed by atoms with Gasteiger partial charge in [-0.2, -0.15) is 0 Å². The number of carboxylic acid groups (broad SMARTS) is 1. The van der Waals surface area contributed by atoms with E-state index in [9.17, 15) is 20.1 Å². The average Bonchev–Trinajstić information content (AvgIpc) is 3.00. The summed E-state index contributed by atoms with van der Waals surface area (Å²) in [5.74, 6) is 1.29. The van der Waals surface area contributed by atoms with Gasteiger partial charge in [-0.05, 0) is 97.7 Å². The van der Waals surface area contributed by atoms with E-state index in [1.807, 2.05) is 0 Å². The van der Waals surface area contributed by atoms with Crippen LogP contribution in [0.2, 0.25) is 0 Å². The number of rotatable bonds is 4. The average molecular weight is 392 g/mol. The van der Waals surface area contributed by atoms with Gasteiger partial charge in [-0.3, -0.25) is 0 Å². The molecular formula is C24H39O4-. The highest BCUT2D eigenvalue weighted by Crippen LogP contribution is 2.68. The minimum atomic E-state index is -0.977. The van der Waals surface area contributed by atoms with Crippen LogP contribution in [0.15, 0.2) is 0 Å². The van der Waals surface area contributed by atoms with Crippen LogP contribution in [0.4, 0.5) is 0 Å². The molecule has 2 N–H and O–H groups in total. The molecule has 0 amide bonds. The third kappa shape index (κ3) is 2.96. The number of carbonyl (C=O) groups excluding carboxylic acids is 1. The molecule has 4 aliphatic rings. The lowest BCUT2D eigenvalue weighted by Gasteiger charge is -2.63. The van der Waals surface area contributed by atoms with Crippen molar-refractivity contribution in [2.24, 2.45) is 46.3 Å². The number of carboxylic acids is 1. The predicted molar refractivity (Wildman–Crippen MR) is 106 cm³/mol. The van der Waals surface area contributed by atoms with Gasteiger partial charge in [-0.1, -0.05) is 33.6 Å². The molecule has 4 nitrogen and oxygen atoms in total. The summed E-state index contributed by atoms with van der Waals surface area (Å²) in [6, 6.07) is 0. The second kappa shape index (κ2) is 7.27. The highest BCUT2D eigenvalue weighted by Gasteiger charge is 2.65. The molecule has 4 aliphatic carbocycles. The first-order valence-electron chi connectivity index (χ1n) is 11.8. The van der Waals surface area contributed by atoms with Crippen molar-refractivity contribution in [1.82, 2.24) is 0 Å². The third-order valence-corrected chi connectivity index (χ3v) is 10.3. The highest BCUT2D eigenvalue weighted by atomic mass is 16.4. The van der Waals surface area contributed by atoms with Crippen molar-refractivity contribution in [3.05, 3.63) is 0 Å². The Labute approximate surface area is 170 Å². The number of carbonyl (C=O) groups is 1. The Morgan fingerprint density at radius 1 is 1.11 bits per heavy atom. The second-order valence-electron chi connectivity index (χ2n) is 11.2. The molecule has 28 heavy (non-hydrogen) atoms. The van der Waals surface area contributed by atoms with E-state index in [0.29, 0.717) is 36.0 Å². The van der Waals surface area contributed by atoms with Gasteiger partial charge < -0.3 is 20.1 Å². The van der Waals surface area contributed by atoms with Gasteiger partial charge in [0, 0.05) is 5.97 Å². The molecule has 160 valence electrons. The fourth-order valence-electron chi connectivity index (χ4n) is 8.73. The van der Waals surface area contributed by atoms with Crippen molar-refractivity contribution >= 4 is 5.97 Å². The van der Waals surface area contributed by atoms with Gasteiger partial charge in [0.05, 0.1) is 12.2 Å². The van der Waals surface area contributed by atoms with Crippen LogP contribution in [-0.2, 0) is 4.79 Å². The monoisotopic (exact) mass is 391 g/mol. The lowest BCUT2D eigenvalue weighted by atomic mass is 9.43. The van der Waals surface area contributed by atoms with Crippen LogP contribution in [0.3, 0.4) is 0 Å². The smallest absolute Gasteiger partial charge is 0.0602 e. The summed E-state index contributed by atoms with van der Waals surface area (Å²) in [6.07, 6.45) is 9.04. The largest absolute Gasteiger partial charge is 0.550 e. The molecule has 10 atom stereocenters. The van der Waals surface area contributed by atoms with E-state index in [1.54, 1.807) is 0 Å². The molecule has 0 aromatic carbocycles. The Balaban J connectivity index is 1.61. The van der Waals surface area contributed by atoms with Crippen LogP contribution in [0, 0.1) is 46.3 Å². The Morgan fingerprint density at radius 3 is 2.57 bits per heavy atom. The molecule has 4 heteroatoms. The summed E-state index contributed by atoms with van der Waals surface area (Å²) in [4.78, 5) is 11.0.